The highest BCUT2D eigenvalue weighted by molar-refractivity contribution is 7.15. The molecule has 0 spiro atoms. The van der Waals surface area contributed by atoms with Crippen LogP contribution >= 0.6 is 11.3 Å². The van der Waals surface area contributed by atoms with Crippen LogP contribution in [0.5, 0.6) is 0 Å². The summed E-state index contributed by atoms with van der Waals surface area (Å²) in [5, 5.41) is 14.4. The minimum Gasteiger partial charge on any atom is -0.481 e. The summed E-state index contributed by atoms with van der Waals surface area (Å²) in [5.41, 5.74) is 4.05. The number of amides is 1. The Hall–Kier alpha value is -2.93. The first-order chi connectivity index (χ1) is 13.8. The van der Waals surface area contributed by atoms with Crippen LogP contribution in [0.3, 0.4) is 0 Å². The molecule has 6 nitrogen and oxygen atoms in total. The van der Waals surface area contributed by atoms with Crippen LogP contribution in [-0.4, -0.2) is 30.1 Å². The molecule has 2 aromatic rings. The first kappa shape index (κ1) is 20.8. The van der Waals surface area contributed by atoms with Gasteiger partial charge < -0.3 is 15.2 Å². The van der Waals surface area contributed by atoms with Gasteiger partial charge in [-0.1, -0.05) is 30.4 Å². The third kappa shape index (κ3) is 4.24. The molecule has 0 aliphatic heterocycles. The van der Waals surface area contributed by atoms with Crippen molar-refractivity contribution in [3.05, 3.63) is 52.4 Å². The summed E-state index contributed by atoms with van der Waals surface area (Å²) < 4.78 is 4.95. The summed E-state index contributed by atoms with van der Waals surface area (Å²) in [6.07, 6.45) is 4.27. The number of thiophene rings is 1. The first-order valence-corrected chi connectivity index (χ1v) is 10.2. The number of anilines is 1. The Morgan fingerprint density at radius 2 is 1.79 bits per heavy atom. The van der Waals surface area contributed by atoms with Gasteiger partial charge in [-0.15, -0.1) is 11.3 Å². The molecule has 1 aromatic heterocycles. The van der Waals surface area contributed by atoms with Gasteiger partial charge in [0.05, 0.1) is 18.9 Å². The predicted molar refractivity (Wildman–Crippen MR) is 112 cm³/mol. The molecule has 1 aromatic carbocycles. The van der Waals surface area contributed by atoms with Crippen LogP contribution in [0.1, 0.15) is 34.3 Å². The predicted octanol–water partition coefficient (Wildman–Crippen LogP) is 4.42. The number of ether oxygens (including phenoxy) is 1. The Balaban J connectivity index is 1.95. The van der Waals surface area contributed by atoms with Gasteiger partial charge in [-0.2, -0.15) is 0 Å². The van der Waals surface area contributed by atoms with Gasteiger partial charge in [0, 0.05) is 10.9 Å². The maximum absolute atomic E-state index is 12.8. The molecule has 0 radical (unpaired) electrons. The highest BCUT2D eigenvalue weighted by atomic mass is 32.1. The maximum Gasteiger partial charge on any atom is 0.341 e. The van der Waals surface area contributed by atoms with Crippen LogP contribution in [0.2, 0.25) is 0 Å². The van der Waals surface area contributed by atoms with Crippen molar-refractivity contribution >= 4 is 34.2 Å². The van der Waals surface area contributed by atoms with Crippen LogP contribution in [0.15, 0.2) is 35.7 Å². The van der Waals surface area contributed by atoms with Gasteiger partial charge in [-0.05, 0) is 43.4 Å². The first-order valence-electron chi connectivity index (χ1n) is 9.29. The van der Waals surface area contributed by atoms with Crippen LogP contribution in [0, 0.1) is 25.7 Å². The number of nitrogens with one attached hydrogen (secondary N) is 1. The number of carbonyl (C=O) groups excluding carboxylic acids is 2. The molecule has 152 valence electrons. The second-order valence-electron chi connectivity index (χ2n) is 7.13. The average molecular weight is 413 g/mol. The molecule has 0 saturated heterocycles. The van der Waals surface area contributed by atoms with E-state index in [0.29, 0.717) is 23.4 Å². The molecule has 2 N–H and O–H groups in total. The molecule has 1 aliphatic rings. The van der Waals surface area contributed by atoms with Gasteiger partial charge in [0.15, 0.2) is 0 Å². The van der Waals surface area contributed by atoms with Crippen molar-refractivity contribution in [3.63, 3.8) is 0 Å². The largest absolute Gasteiger partial charge is 0.481 e. The van der Waals surface area contributed by atoms with E-state index in [2.05, 4.69) is 5.32 Å². The summed E-state index contributed by atoms with van der Waals surface area (Å²) >= 11 is 1.23. The van der Waals surface area contributed by atoms with Crippen molar-refractivity contribution < 1.29 is 24.2 Å². The lowest BCUT2D eigenvalue weighted by atomic mass is 9.82. The Morgan fingerprint density at radius 3 is 2.41 bits per heavy atom. The van der Waals surface area contributed by atoms with Crippen molar-refractivity contribution in [2.75, 3.05) is 12.4 Å². The number of aryl methyl sites for hydroxylation is 2. The van der Waals surface area contributed by atoms with Crippen LogP contribution in [0.25, 0.3) is 11.1 Å². The van der Waals surface area contributed by atoms with E-state index in [1.54, 1.807) is 11.5 Å². The van der Waals surface area contributed by atoms with Crippen molar-refractivity contribution in [2.24, 2.45) is 11.8 Å². The standard InChI is InChI=1S/C22H23NO5S/c1-12-8-9-14(10-13(12)2)17-11-29-20(18(17)22(27)28-3)23-19(24)15-6-4-5-7-16(15)21(25)26/h4-5,8-11,15-16H,6-7H2,1-3H3,(H,23,24)(H,25,26)/t15-,16-/m0/s1. The average Bonchev–Trinajstić information content (AvgIpc) is 3.12. The fourth-order valence-corrected chi connectivity index (χ4v) is 4.42. The Bertz CT molecular complexity index is 991. The maximum atomic E-state index is 12.8. The summed E-state index contributed by atoms with van der Waals surface area (Å²) in [5.74, 6) is -3.41. The number of benzene rings is 1. The monoisotopic (exact) mass is 413 g/mol. The van der Waals surface area contributed by atoms with E-state index in [1.807, 2.05) is 38.1 Å². The number of carbonyl (C=O) groups is 3. The second kappa shape index (κ2) is 8.61. The molecule has 0 fully saturated rings. The molecular formula is C22H23NO5S. The zero-order valence-electron chi connectivity index (χ0n) is 16.5. The lowest BCUT2D eigenvalue weighted by Crippen LogP contribution is -2.34. The van der Waals surface area contributed by atoms with Gasteiger partial charge >= 0.3 is 11.9 Å². The number of rotatable bonds is 5. The molecule has 7 heteroatoms. The summed E-state index contributed by atoms with van der Waals surface area (Å²) in [6.45, 7) is 4.01. The number of aliphatic carboxylic acids is 1. The Labute approximate surface area is 173 Å². The molecular weight excluding hydrogens is 390 g/mol. The third-order valence-electron chi connectivity index (χ3n) is 5.32. The molecule has 0 unspecified atom stereocenters. The van der Waals surface area contributed by atoms with E-state index >= 15 is 0 Å². The minimum absolute atomic E-state index is 0.285. The number of allylic oxidation sites excluding steroid dienone is 2. The van der Waals surface area contributed by atoms with E-state index in [0.717, 1.165) is 16.7 Å². The Morgan fingerprint density at radius 1 is 1.10 bits per heavy atom. The molecule has 0 bridgehead atoms. The third-order valence-corrected chi connectivity index (χ3v) is 6.22. The second-order valence-corrected chi connectivity index (χ2v) is 8.01. The van der Waals surface area contributed by atoms with Crippen LogP contribution in [0.4, 0.5) is 5.00 Å². The number of carboxylic acids is 1. The fourth-order valence-electron chi connectivity index (χ4n) is 3.46. The minimum atomic E-state index is -0.996. The molecule has 1 heterocycles. The van der Waals surface area contributed by atoms with Crippen molar-refractivity contribution in [1.82, 2.24) is 0 Å². The number of hydrogen-bond donors (Lipinski definition) is 2. The highest BCUT2D eigenvalue weighted by Gasteiger charge is 2.35. The van der Waals surface area contributed by atoms with Crippen molar-refractivity contribution in [3.8, 4) is 11.1 Å². The van der Waals surface area contributed by atoms with E-state index in [9.17, 15) is 19.5 Å². The summed E-state index contributed by atoms with van der Waals surface area (Å²) in [7, 11) is 1.29. The topological polar surface area (TPSA) is 92.7 Å². The van der Waals surface area contributed by atoms with Gasteiger partial charge in [0.2, 0.25) is 5.91 Å². The van der Waals surface area contributed by atoms with E-state index in [4.69, 9.17) is 4.74 Å². The van der Waals surface area contributed by atoms with Crippen LogP contribution < -0.4 is 5.32 Å². The van der Waals surface area contributed by atoms with E-state index in [-0.39, 0.29) is 5.56 Å². The normalized spacial score (nSPS) is 18.3. The number of methoxy groups -OCH3 is 1. The van der Waals surface area contributed by atoms with E-state index in [1.165, 1.54) is 18.4 Å². The smallest absolute Gasteiger partial charge is 0.341 e. The van der Waals surface area contributed by atoms with Crippen molar-refractivity contribution in [2.45, 2.75) is 26.7 Å². The van der Waals surface area contributed by atoms with Crippen LogP contribution in [-0.2, 0) is 14.3 Å². The van der Waals surface area contributed by atoms with Gasteiger partial charge in [-0.25, -0.2) is 4.79 Å². The molecule has 3 rings (SSSR count). The van der Waals surface area contributed by atoms with Gasteiger partial charge in [0.25, 0.3) is 0 Å². The lowest BCUT2D eigenvalue weighted by Gasteiger charge is -2.24. The highest BCUT2D eigenvalue weighted by Crippen LogP contribution is 2.38. The molecule has 29 heavy (non-hydrogen) atoms. The van der Waals surface area contributed by atoms with Gasteiger partial charge in [0.1, 0.15) is 10.6 Å². The lowest BCUT2D eigenvalue weighted by molar-refractivity contribution is -0.146. The fraction of sp³-hybridized carbons (Fsp3) is 0.318. The van der Waals surface area contributed by atoms with Crippen molar-refractivity contribution in [1.29, 1.82) is 0 Å². The zero-order chi connectivity index (χ0) is 21.1. The number of esters is 1. The molecule has 2 atom stereocenters. The number of hydrogen-bond acceptors (Lipinski definition) is 5. The Kier molecular flexibility index (Phi) is 6.17. The summed E-state index contributed by atoms with van der Waals surface area (Å²) in [4.78, 5) is 36.8. The summed E-state index contributed by atoms with van der Waals surface area (Å²) in [6, 6.07) is 5.89. The van der Waals surface area contributed by atoms with E-state index < -0.39 is 29.7 Å². The zero-order valence-corrected chi connectivity index (χ0v) is 17.3. The molecule has 0 saturated carbocycles. The van der Waals surface area contributed by atoms with Gasteiger partial charge in [-0.3, -0.25) is 9.59 Å². The number of carboxylic acid groups (broad SMARTS) is 1. The SMILES string of the molecule is COC(=O)c1c(-c2ccc(C)c(C)c2)csc1NC(=O)[C@H]1CC=CC[C@@H]1C(=O)O. The molecule has 1 amide bonds. The molecule has 1 aliphatic carbocycles. The quantitative estimate of drug-likeness (QED) is 0.559.